The standard InChI is InChI=1S/C45H57F2N11O6/c1-53(35-13-14-38(59)51-42(35)62)32-9-6-10-33(26-32)56-23-21-55(22-24-56)18-17-39(60)57-19-15-30(16-20-57)49-41(61)29-11-12-34(37(25-29)64-3)50-44-48-27-36-40(52-44)58(31-7-4-5-8-31)28-45(46,47)43(63)54(36)2/h6,9-12,25-27,30-31,35H,4-5,7-8,13-24,28H2,1-3H3,(H,49,61)(H,48,50,52)(H,51,59,62). The van der Waals surface area contributed by atoms with Gasteiger partial charge in [-0.15, -0.1) is 0 Å². The molecular weight excluding hydrogens is 829 g/mol. The molecule has 64 heavy (non-hydrogen) atoms. The zero-order chi connectivity index (χ0) is 45.1. The molecule has 1 atom stereocenters. The fraction of sp³-hybridized carbons (Fsp3) is 0.533. The predicted octanol–water partition coefficient (Wildman–Crippen LogP) is 3.76. The largest absolute Gasteiger partial charge is 0.495 e. The number of piperidine rings is 2. The predicted molar refractivity (Wildman–Crippen MR) is 238 cm³/mol. The summed E-state index contributed by atoms with van der Waals surface area (Å²) in [5, 5.41) is 8.66. The number of imide groups is 1. The molecule has 0 bridgehead atoms. The molecule has 17 nitrogen and oxygen atoms in total. The molecule has 342 valence electrons. The molecule has 3 saturated heterocycles. The summed E-state index contributed by atoms with van der Waals surface area (Å²) in [5.74, 6) is -4.81. The lowest BCUT2D eigenvalue weighted by Gasteiger charge is -2.37. The van der Waals surface area contributed by atoms with Crippen LogP contribution in [-0.4, -0.2) is 147 Å². The number of benzene rings is 2. The van der Waals surface area contributed by atoms with E-state index in [1.807, 2.05) is 29.0 Å². The number of amides is 5. The second-order valence-corrected chi connectivity index (χ2v) is 17.4. The van der Waals surface area contributed by atoms with Gasteiger partial charge < -0.3 is 39.9 Å². The maximum absolute atomic E-state index is 15.0. The number of hydrogen-bond donors (Lipinski definition) is 3. The van der Waals surface area contributed by atoms with Gasteiger partial charge in [-0.05, 0) is 68.5 Å². The molecular formula is C45H57F2N11O6. The Morgan fingerprint density at radius 1 is 0.969 bits per heavy atom. The van der Waals surface area contributed by atoms with Gasteiger partial charge in [0.25, 0.3) is 11.8 Å². The number of hydrogen-bond acceptors (Lipinski definition) is 13. The molecule has 0 radical (unpaired) electrons. The van der Waals surface area contributed by atoms with Gasteiger partial charge in [0.15, 0.2) is 5.82 Å². The second-order valence-electron chi connectivity index (χ2n) is 17.4. The van der Waals surface area contributed by atoms with Crippen molar-refractivity contribution in [1.29, 1.82) is 0 Å². The number of ether oxygens (including phenoxy) is 1. The lowest BCUT2D eigenvalue weighted by Crippen LogP contribution is -2.51. The van der Waals surface area contributed by atoms with E-state index in [1.165, 1.54) is 20.4 Å². The minimum Gasteiger partial charge on any atom is -0.495 e. The van der Waals surface area contributed by atoms with Gasteiger partial charge in [-0.2, -0.15) is 13.8 Å². The van der Waals surface area contributed by atoms with Crippen molar-refractivity contribution in [2.75, 3.05) is 98.5 Å². The third-order valence-electron chi connectivity index (χ3n) is 13.3. The van der Waals surface area contributed by atoms with Crippen LogP contribution in [-0.2, 0) is 19.2 Å². The number of rotatable bonds is 12. The number of carbonyl (C=O) groups excluding carboxylic acids is 5. The summed E-state index contributed by atoms with van der Waals surface area (Å²) in [6.45, 7) is 4.27. The van der Waals surface area contributed by atoms with Crippen LogP contribution in [0.1, 0.15) is 68.1 Å². The van der Waals surface area contributed by atoms with E-state index < -0.39 is 24.4 Å². The Kier molecular flexibility index (Phi) is 13.2. The van der Waals surface area contributed by atoms with E-state index >= 15 is 8.78 Å². The van der Waals surface area contributed by atoms with Crippen LogP contribution in [0.4, 0.5) is 43.3 Å². The smallest absolute Gasteiger partial charge is 0.342 e. The van der Waals surface area contributed by atoms with Crippen molar-refractivity contribution in [2.24, 2.45) is 0 Å². The number of anilines is 6. The number of likely N-dealkylation sites (N-methyl/N-ethyl adjacent to an activating group) is 1. The average Bonchev–Trinajstić information content (AvgIpc) is 3.83. The Bertz CT molecular complexity index is 2240. The highest BCUT2D eigenvalue weighted by atomic mass is 19.3. The van der Waals surface area contributed by atoms with E-state index in [0.717, 1.165) is 68.1 Å². The summed E-state index contributed by atoms with van der Waals surface area (Å²) in [6.07, 6.45) is 7.15. The highest BCUT2D eigenvalue weighted by Gasteiger charge is 2.49. The monoisotopic (exact) mass is 885 g/mol. The zero-order valence-electron chi connectivity index (χ0n) is 36.7. The lowest BCUT2D eigenvalue weighted by molar-refractivity contribution is -0.140. The zero-order valence-corrected chi connectivity index (χ0v) is 36.7. The summed E-state index contributed by atoms with van der Waals surface area (Å²) in [6, 6.07) is 12.4. The molecule has 3 N–H and O–H groups in total. The van der Waals surface area contributed by atoms with E-state index in [4.69, 9.17) is 4.74 Å². The number of halogens is 2. The molecule has 2 aromatic carbocycles. The van der Waals surface area contributed by atoms with Crippen molar-refractivity contribution >= 4 is 64.1 Å². The van der Waals surface area contributed by atoms with Crippen LogP contribution in [0.3, 0.4) is 0 Å². The normalized spacial score (nSPS) is 21.0. The number of carbonyl (C=O) groups is 5. The Morgan fingerprint density at radius 2 is 1.72 bits per heavy atom. The Hall–Kier alpha value is -6.11. The molecule has 4 aliphatic heterocycles. The molecule has 5 aliphatic rings. The SMILES string of the molecule is COc1cc(C(=O)NC2CCN(C(=O)CCN3CCN(c4cccc(N(C)C5CCC(=O)NC5=O)c4)CC3)CC2)ccc1Nc1ncc2c(n1)N(C1CCCC1)CC(F)(F)C(=O)N2C. The number of alkyl halides is 2. The molecule has 8 rings (SSSR count). The molecule has 19 heteroatoms. The molecule has 1 saturated carbocycles. The van der Waals surface area contributed by atoms with Crippen molar-refractivity contribution in [3.63, 3.8) is 0 Å². The van der Waals surface area contributed by atoms with E-state index in [9.17, 15) is 24.0 Å². The molecule has 5 heterocycles. The topological polar surface area (TPSA) is 176 Å². The van der Waals surface area contributed by atoms with Crippen LogP contribution in [0.25, 0.3) is 0 Å². The first-order valence-corrected chi connectivity index (χ1v) is 22.2. The van der Waals surface area contributed by atoms with Crippen LogP contribution in [0.2, 0.25) is 0 Å². The second kappa shape index (κ2) is 18.9. The number of likely N-dealkylation sites (tertiary alicyclic amines) is 1. The van der Waals surface area contributed by atoms with Crippen molar-refractivity contribution in [1.82, 2.24) is 30.4 Å². The maximum atomic E-state index is 15.0. The molecule has 1 aliphatic carbocycles. The number of aromatic nitrogens is 2. The summed E-state index contributed by atoms with van der Waals surface area (Å²) >= 11 is 0. The number of fused-ring (bicyclic) bond motifs is 1. The van der Waals surface area contributed by atoms with Crippen LogP contribution in [0.5, 0.6) is 5.75 Å². The van der Waals surface area contributed by atoms with E-state index in [1.54, 1.807) is 23.1 Å². The molecule has 0 spiro atoms. The van der Waals surface area contributed by atoms with Gasteiger partial charge >= 0.3 is 5.92 Å². The first kappa shape index (κ1) is 44.5. The Balaban J connectivity index is 0.794. The van der Waals surface area contributed by atoms with Crippen LogP contribution < -0.4 is 40.3 Å². The Labute approximate surface area is 371 Å². The fourth-order valence-electron chi connectivity index (χ4n) is 9.48. The molecule has 5 amide bonds. The van der Waals surface area contributed by atoms with Gasteiger partial charge in [0.2, 0.25) is 23.7 Å². The minimum absolute atomic E-state index is 0.104. The number of nitrogens with zero attached hydrogens (tertiary/aromatic N) is 8. The van der Waals surface area contributed by atoms with Gasteiger partial charge in [0, 0.05) is 102 Å². The highest BCUT2D eigenvalue weighted by molar-refractivity contribution is 6.02. The molecule has 3 aromatic rings. The summed E-state index contributed by atoms with van der Waals surface area (Å²) < 4.78 is 35.7. The molecule has 1 aromatic heterocycles. The quantitative estimate of drug-likeness (QED) is 0.225. The van der Waals surface area contributed by atoms with E-state index in [0.29, 0.717) is 68.7 Å². The van der Waals surface area contributed by atoms with Crippen molar-refractivity contribution in [2.45, 2.75) is 81.8 Å². The third kappa shape index (κ3) is 9.68. The Morgan fingerprint density at radius 3 is 2.44 bits per heavy atom. The summed E-state index contributed by atoms with van der Waals surface area (Å²) in [4.78, 5) is 83.3. The first-order chi connectivity index (χ1) is 30.8. The minimum atomic E-state index is -3.59. The van der Waals surface area contributed by atoms with Crippen molar-refractivity contribution < 1.29 is 37.5 Å². The molecule has 1 unspecified atom stereocenters. The highest BCUT2D eigenvalue weighted by Crippen LogP contribution is 2.40. The third-order valence-corrected chi connectivity index (χ3v) is 13.3. The van der Waals surface area contributed by atoms with Crippen molar-refractivity contribution in [3.05, 3.63) is 54.2 Å². The van der Waals surface area contributed by atoms with Gasteiger partial charge in [0.1, 0.15) is 17.5 Å². The van der Waals surface area contributed by atoms with Crippen LogP contribution in [0, 0.1) is 0 Å². The average molecular weight is 886 g/mol. The van der Waals surface area contributed by atoms with E-state index in [2.05, 4.69) is 47.9 Å². The van der Waals surface area contributed by atoms with Gasteiger partial charge in [0.05, 0.1) is 25.5 Å². The number of piperazine rings is 1. The number of nitrogens with one attached hydrogen (secondary N) is 3. The lowest BCUT2D eigenvalue weighted by atomic mass is 10.0. The first-order valence-electron chi connectivity index (χ1n) is 22.2. The van der Waals surface area contributed by atoms with Gasteiger partial charge in [-0.1, -0.05) is 18.9 Å². The van der Waals surface area contributed by atoms with Crippen LogP contribution in [0.15, 0.2) is 48.7 Å². The summed E-state index contributed by atoms with van der Waals surface area (Å²) in [5.41, 5.74) is 3.04. The fourth-order valence-corrected chi connectivity index (χ4v) is 9.48. The molecule has 4 fully saturated rings. The summed E-state index contributed by atoms with van der Waals surface area (Å²) in [7, 11) is 4.67. The van der Waals surface area contributed by atoms with Gasteiger partial charge in [-0.25, -0.2) is 4.98 Å². The van der Waals surface area contributed by atoms with Crippen LogP contribution >= 0.6 is 0 Å². The van der Waals surface area contributed by atoms with E-state index in [-0.39, 0.29) is 53.2 Å². The van der Waals surface area contributed by atoms with Gasteiger partial charge in [-0.3, -0.25) is 34.2 Å². The number of methoxy groups -OCH3 is 1. The van der Waals surface area contributed by atoms with Crippen molar-refractivity contribution in [3.8, 4) is 5.75 Å². The maximum Gasteiger partial charge on any atom is 0.342 e.